The van der Waals surface area contributed by atoms with E-state index >= 15 is 0 Å². The molecule has 2 fully saturated rings. The van der Waals surface area contributed by atoms with E-state index in [0.717, 1.165) is 0 Å². The van der Waals surface area contributed by atoms with Crippen molar-refractivity contribution in [2.75, 3.05) is 9.80 Å². The van der Waals surface area contributed by atoms with E-state index in [1.165, 1.54) is 176 Å². The highest BCUT2D eigenvalue weighted by Crippen LogP contribution is 2.55. The molecule has 78 heavy (non-hydrogen) atoms. The lowest BCUT2D eigenvalue weighted by atomic mass is 9.74. The van der Waals surface area contributed by atoms with Crippen molar-refractivity contribution in [3.8, 4) is 22.3 Å². The topological polar surface area (TPSA) is 6.48 Å². The molecule has 0 amide bonds. The highest BCUT2D eigenvalue weighted by molar-refractivity contribution is 6.09. The average Bonchev–Trinajstić information content (AvgIpc) is 3.90. The molecule has 0 N–H and O–H groups in total. The van der Waals surface area contributed by atoms with E-state index in [0.29, 0.717) is 11.8 Å². The number of benzene rings is 9. The predicted molar refractivity (Wildman–Crippen MR) is 335 cm³/mol. The standard InChI is InChI=1S/C76H80N2/c1-73(2,3)51-29-33-53(34-30-51)77(57-37-41-61-59-25-17-19-27-67(59)75(7,8)69(61)47-57)55-39-43-63-65(45-55)72(50-23-15-12-16-24-50)66-46-56(40-44-64(66)71(63)49-21-13-11-14-22-49)78(54-35-31-52(32-36-54)74(4,5)6)58-38-42-62-60-26-18-20-28-68(60)76(9,10)70(62)48-58/h17-20,25-50H,11-16,21-24H2,1-10H3. The molecule has 2 heteroatoms. The zero-order chi connectivity index (χ0) is 53.9. The van der Waals surface area contributed by atoms with Crippen LogP contribution in [0.2, 0.25) is 0 Å². The lowest BCUT2D eigenvalue weighted by Gasteiger charge is -2.33. The predicted octanol–water partition coefficient (Wildman–Crippen LogP) is 22.2. The van der Waals surface area contributed by atoms with E-state index in [2.05, 4.69) is 249 Å². The number of hydrogen-bond donors (Lipinski definition) is 0. The Bertz CT molecular complexity index is 3540. The molecular formula is C76H80N2. The zero-order valence-electron chi connectivity index (χ0n) is 48.3. The highest BCUT2D eigenvalue weighted by Gasteiger charge is 2.38. The molecule has 394 valence electrons. The third-order valence-electron chi connectivity index (χ3n) is 19.3. The molecule has 4 aliphatic carbocycles. The summed E-state index contributed by atoms with van der Waals surface area (Å²) in [6.07, 6.45) is 12.7. The zero-order valence-corrected chi connectivity index (χ0v) is 48.3. The van der Waals surface area contributed by atoms with Crippen LogP contribution in [0.5, 0.6) is 0 Å². The molecule has 9 aromatic carbocycles. The van der Waals surface area contributed by atoms with Crippen LogP contribution in [-0.4, -0.2) is 0 Å². The lowest BCUT2D eigenvalue weighted by molar-refractivity contribution is 0.445. The van der Waals surface area contributed by atoms with Gasteiger partial charge >= 0.3 is 0 Å². The first-order valence-corrected chi connectivity index (χ1v) is 29.8. The molecule has 13 rings (SSSR count). The van der Waals surface area contributed by atoms with Gasteiger partial charge in [0.1, 0.15) is 0 Å². The summed E-state index contributed by atoms with van der Waals surface area (Å²) in [5, 5.41) is 5.84. The van der Waals surface area contributed by atoms with Gasteiger partial charge in [0, 0.05) is 45.0 Å². The maximum atomic E-state index is 2.64. The van der Waals surface area contributed by atoms with E-state index in [4.69, 9.17) is 0 Å². The van der Waals surface area contributed by atoms with Crippen molar-refractivity contribution < 1.29 is 0 Å². The summed E-state index contributed by atoms with van der Waals surface area (Å²) in [5.74, 6) is 0.983. The van der Waals surface area contributed by atoms with Gasteiger partial charge in [-0.3, -0.25) is 0 Å². The van der Waals surface area contributed by atoms with Crippen molar-refractivity contribution in [2.24, 2.45) is 0 Å². The minimum atomic E-state index is -0.115. The molecule has 0 radical (unpaired) electrons. The summed E-state index contributed by atoms with van der Waals surface area (Å²) in [5.41, 5.74) is 24.0. The summed E-state index contributed by atoms with van der Waals surface area (Å²) in [6, 6.07) is 67.0. The van der Waals surface area contributed by atoms with Crippen LogP contribution >= 0.6 is 0 Å². The van der Waals surface area contributed by atoms with Gasteiger partial charge in [0.05, 0.1) is 0 Å². The SMILES string of the molecule is CC(C)(C)c1ccc(N(c2ccc3c(c2)C(C)(C)c2ccccc2-3)c2ccc3c(C4CCCCC4)c4ccc(N(c5ccc(C(C)(C)C)cc5)c5ccc6c(c5)C(C)(C)c5ccccc5-6)cc4c(C4CCCCC4)c3c2)cc1. The highest BCUT2D eigenvalue weighted by atomic mass is 15.1. The fourth-order valence-electron chi connectivity index (χ4n) is 15.0. The Balaban J connectivity index is 1.06. The lowest BCUT2D eigenvalue weighted by Crippen LogP contribution is -2.17. The van der Waals surface area contributed by atoms with Gasteiger partial charge in [-0.2, -0.15) is 0 Å². The second-order valence-corrected chi connectivity index (χ2v) is 27.0. The van der Waals surface area contributed by atoms with Crippen molar-refractivity contribution in [3.05, 3.63) is 214 Å². The second-order valence-electron chi connectivity index (χ2n) is 27.0. The minimum absolute atomic E-state index is 0.0501. The van der Waals surface area contributed by atoms with Gasteiger partial charge < -0.3 is 9.80 Å². The fraction of sp³-hybridized carbons (Fsp3) is 0.342. The first-order chi connectivity index (χ1) is 37.5. The molecule has 0 aliphatic heterocycles. The quantitative estimate of drug-likeness (QED) is 0.140. The summed E-state index contributed by atoms with van der Waals surface area (Å²) < 4.78 is 0. The summed E-state index contributed by atoms with van der Waals surface area (Å²) >= 11 is 0. The first-order valence-electron chi connectivity index (χ1n) is 29.8. The number of anilines is 6. The van der Waals surface area contributed by atoms with Crippen LogP contribution in [0, 0.1) is 0 Å². The van der Waals surface area contributed by atoms with E-state index in [1.807, 2.05) is 0 Å². The van der Waals surface area contributed by atoms with E-state index in [1.54, 1.807) is 11.1 Å². The maximum absolute atomic E-state index is 2.64. The maximum Gasteiger partial charge on any atom is 0.0468 e. The first kappa shape index (κ1) is 50.6. The molecule has 9 aromatic rings. The Labute approximate surface area is 466 Å². The Hall–Kier alpha value is -6.90. The van der Waals surface area contributed by atoms with Crippen LogP contribution in [-0.2, 0) is 21.7 Å². The van der Waals surface area contributed by atoms with Gasteiger partial charge in [-0.25, -0.2) is 0 Å². The van der Waals surface area contributed by atoms with Gasteiger partial charge in [0.15, 0.2) is 0 Å². The molecule has 0 heterocycles. The van der Waals surface area contributed by atoms with Crippen molar-refractivity contribution >= 4 is 55.7 Å². The molecule has 0 spiro atoms. The van der Waals surface area contributed by atoms with E-state index in [-0.39, 0.29) is 21.7 Å². The Kier molecular flexibility index (Phi) is 12.3. The summed E-state index contributed by atoms with van der Waals surface area (Å²) in [6.45, 7) is 23.6. The molecule has 0 saturated heterocycles. The van der Waals surface area contributed by atoms with Gasteiger partial charge in [-0.1, -0.05) is 205 Å². The second kappa shape index (κ2) is 18.9. The minimum Gasteiger partial charge on any atom is -0.310 e. The van der Waals surface area contributed by atoms with Crippen LogP contribution in [0.3, 0.4) is 0 Å². The molecule has 2 nitrogen and oxygen atoms in total. The third-order valence-corrected chi connectivity index (χ3v) is 19.3. The van der Waals surface area contributed by atoms with Gasteiger partial charge in [0.25, 0.3) is 0 Å². The van der Waals surface area contributed by atoms with Gasteiger partial charge in [0.2, 0.25) is 0 Å². The fourth-order valence-corrected chi connectivity index (χ4v) is 15.0. The summed E-state index contributed by atoms with van der Waals surface area (Å²) in [7, 11) is 0. The monoisotopic (exact) mass is 1020 g/mol. The Morgan fingerprint density at radius 3 is 1.03 bits per heavy atom. The molecule has 0 bridgehead atoms. The van der Waals surface area contributed by atoms with Gasteiger partial charge in [-0.15, -0.1) is 0 Å². The molecular weight excluding hydrogens is 941 g/mol. The third kappa shape index (κ3) is 8.42. The smallest absolute Gasteiger partial charge is 0.0468 e. The molecule has 4 aliphatic rings. The Morgan fingerprint density at radius 1 is 0.321 bits per heavy atom. The average molecular weight is 1020 g/mol. The van der Waals surface area contributed by atoms with Crippen molar-refractivity contribution in [1.82, 2.24) is 0 Å². The molecule has 0 aromatic heterocycles. The number of hydrogen-bond acceptors (Lipinski definition) is 2. The van der Waals surface area contributed by atoms with Crippen LogP contribution in [0.25, 0.3) is 43.8 Å². The largest absolute Gasteiger partial charge is 0.310 e. The van der Waals surface area contributed by atoms with Crippen LogP contribution in [0.4, 0.5) is 34.1 Å². The molecule has 0 atom stereocenters. The van der Waals surface area contributed by atoms with Crippen molar-refractivity contribution in [1.29, 1.82) is 0 Å². The van der Waals surface area contributed by atoms with E-state index in [9.17, 15) is 0 Å². The number of nitrogens with zero attached hydrogens (tertiary/aromatic N) is 2. The van der Waals surface area contributed by atoms with Crippen LogP contribution < -0.4 is 9.80 Å². The van der Waals surface area contributed by atoms with E-state index < -0.39 is 0 Å². The Morgan fingerprint density at radius 2 is 0.641 bits per heavy atom. The molecule has 0 unspecified atom stereocenters. The van der Waals surface area contributed by atoms with Crippen LogP contribution in [0.1, 0.15) is 190 Å². The molecule has 2 saturated carbocycles. The normalized spacial score (nSPS) is 16.9. The summed E-state index contributed by atoms with van der Waals surface area (Å²) in [4.78, 5) is 5.15. The van der Waals surface area contributed by atoms with Gasteiger partial charge in [-0.05, 0) is 209 Å². The van der Waals surface area contributed by atoms with Crippen molar-refractivity contribution in [3.63, 3.8) is 0 Å². The number of fused-ring (bicyclic) bond motifs is 8. The number of rotatable bonds is 8. The van der Waals surface area contributed by atoms with Crippen molar-refractivity contribution in [2.45, 2.75) is 167 Å². The van der Waals surface area contributed by atoms with Crippen LogP contribution in [0.15, 0.2) is 170 Å².